The minimum Gasteiger partial charge on any atom is -0.376 e. The highest BCUT2D eigenvalue weighted by Gasteiger charge is 2.15. The van der Waals surface area contributed by atoms with Crippen LogP contribution in [0.1, 0.15) is 24.0 Å². The second kappa shape index (κ2) is 7.79. The summed E-state index contributed by atoms with van der Waals surface area (Å²) in [5, 5.41) is 6.48. The van der Waals surface area contributed by atoms with Crippen molar-refractivity contribution in [1.82, 2.24) is 10.6 Å². The van der Waals surface area contributed by atoms with Crippen molar-refractivity contribution in [2.24, 2.45) is 4.99 Å². The number of hydrogen-bond acceptors (Lipinski definition) is 4. The quantitative estimate of drug-likeness (QED) is 0.623. The van der Waals surface area contributed by atoms with E-state index >= 15 is 0 Å². The van der Waals surface area contributed by atoms with E-state index in [9.17, 15) is 8.42 Å². The first-order valence-corrected chi connectivity index (χ1v) is 9.65. The van der Waals surface area contributed by atoms with Crippen molar-refractivity contribution in [1.29, 1.82) is 0 Å². The fourth-order valence-corrected chi connectivity index (χ4v) is 3.62. The predicted molar refractivity (Wildman–Crippen MR) is 91.5 cm³/mol. The lowest BCUT2D eigenvalue weighted by Gasteiger charge is -2.15. The van der Waals surface area contributed by atoms with Gasteiger partial charge in [-0.2, -0.15) is 0 Å². The van der Waals surface area contributed by atoms with Gasteiger partial charge in [0, 0.05) is 33.0 Å². The van der Waals surface area contributed by atoms with E-state index in [1.165, 1.54) is 6.26 Å². The van der Waals surface area contributed by atoms with Gasteiger partial charge in [-0.3, -0.25) is 4.99 Å². The molecule has 1 aliphatic rings. The molecule has 1 aromatic carbocycles. The molecular formula is C16H25N3O3S. The summed E-state index contributed by atoms with van der Waals surface area (Å²) in [4.78, 5) is 4.56. The van der Waals surface area contributed by atoms with Crippen molar-refractivity contribution >= 4 is 15.8 Å². The molecule has 6 nitrogen and oxygen atoms in total. The molecule has 23 heavy (non-hydrogen) atoms. The van der Waals surface area contributed by atoms with Gasteiger partial charge in [-0.05, 0) is 37.0 Å². The van der Waals surface area contributed by atoms with Gasteiger partial charge in [-0.15, -0.1) is 0 Å². The summed E-state index contributed by atoms with van der Waals surface area (Å²) >= 11 is 0. The van der Waals surface area contributed by atoms with E-state index in [1.807, 2.05) is 19.1 Å². The average molecular weight is 339 g/mol. The van der Waals surface area contributed by atoms with Gasteiger partial charge < -0.3 is 15.4 Å². The first-order valence-electron chi connectivity index (χ1n) is 7.76. The molecule has 2 N–H and O–H groups in total. The molecule has 0 amide bonds. The van der Waals surface area contributed by atoms with Crippen LogP contribution < -0.4 is 10.6 Å². The molecule has 1 aromatic rings. The highest BCUT2D eigenvalue weighted by Crippen LogP contribution is 2.16. The SMILES string of the molecule is CN=C(NCc1ccc(S(C)(=O)=O)c(C)c1)NCC1CCCO1. The third kappa shape index (κ3) is 5.21. The Morgan fingerprint density at radius 1 is 1.39 bits per heavy atom. The van der Waals surface area contributed by atoms with Gasteiger partial charge in [0.25, 0.3) is 0 Å². The minimum atomic E-state index is -3.17. The van der Waals surface area contributed by atoms with Gasteiger partial charge in [0.15, 0.2) is 15.8 Å². The normalized spacial score (nSPS) is 18.9. The molecule has 1 atom stereocenters. The Kier molecular flexibility index (Phi) is 6.01. The number of rotatable bonds is 5. The molecule has 0 saturated carbocycles. The third-order valence-electron chi connectivity index (χ3n) is 3.84. The number of aryl methyl sites for hydroxylation is 1. The number of sulfone groups is 1. The molecule has 128 valence electrons. The molecule has 0 aliphatic carbocycles. The lowest BCUT2D eigenvalue weighted by atomic mass is 10.1. The second-order valence-corrected chi connectivity index (χ2v) is 7.80. The zero-order valence-electron chi connectivity index (χ0n) is 13.9. The Bertz CT molecular complexity index is 665. The Morgan fingerprint density at radius 3 is 2.74 bits per heavy atom. The largest absolute Gasteiger partial charge is 0.376 e. The third-order valence-corrected chi connectivity index (χ3v) is 5.10. The molecule has 0 aromatic heterocycles. The van der Waals surface area contributed by atoms with Gasteiger partial charge >= 0.3 is 0 Å². The van der Waals surface area contributed by atoms with Crippen LogP contribution in [0.4, 0.5) is 0 Å². The summed E-state index contributed by atoms with van der Waals surface area (Å²) in [5.74, 6) is 0.713. The maximum Gasteiger partial charge on any atom is 0.191 e. The molecule has 1 fully saturated rings. The molecule has 0 spiro atoms. The Hall–Kier alpha value is -1.60. The molecular weight excluding hydrogens is 314 g/mol. The van der Waals surface area contributed by atoms with Crippen LogP contribution in [0.15, 0.2) is 28.1 Å². The van der Waals surface area contributed by atoms with Crippen LogP contribution in [0, 0.1) is 6.92 Å². The number of guanidine groups is 1. The minimum absolute atomic E-state index is 0.254. The maximum absolute atomic E-state index is 11.6. The van der Waals surface area contributed by atoms with Crippen LogP contribution in [0.5, 0.6) is 0 Å². The highest BCUT2D eigenvalue weighted by molar-refractivity contribution is 7.90. The summed E-state index contributed by atoms with van der Waals surface area (Å²) < 4.78 is 28.8. The summed E-state index contributed by atoms with van der Waals surface area (Å²) in [5.41, 5.74) is 1.77. The summed E-state index contributed by atoms with van der Waals surface area (Å²) in [6, 6.07) is 5.37. The molecule has 1 aliphatic heterocycles. The van der Waals surface area contributed by atoms with Crippen molar-refractivity contribution in [3.8, 4) is 0 Å². The van der Waals surface area contributed by atoms with Crippen LogP contribution in [0.3, 0.4) is 0 Å². The number of aliphatic imine (C=N–C) groups is 1. The first kappa shape index (κ1) is 17.7. The topological polar surface area (TPSA) is 79.8 Å². The molecule has 7 heteroatoms. The smallest absolute Gasteiger partial charge is 0.191 e. The molecule has 0 radical (unpaired) electrons. The van der Waals surface area contributed by atoms with Gasteiger partial charge in [-0.1, -0.05) is 12.1 Å². The van der Waals surface area contributed by atoms with Gasteiger partial charge in [0.05, 0.1) is 11.0 Å². The number of ether oxygens (including phenoxy) is 1. The molecule has 2 rings (SSSR count). The molecule has 0 bridgehead atoms. The zero-order valence-corrected chi connectivity index (χ0v) is 14.7. The summed E-state index contributed by atoms with van der Waals surface area (Å²) in [6.45, 7) is 3.97. The van der Waals surface area contributed by atoms with E-state index < -0.39 is 9.84 Å². The van der Waals surface area contributed by atoms with Crippen molar-refractivity contribution in [3.05, 3.63) is 29.3 Å². The van der Waals surface area contributed by atoms with E-state index in [1.54, 1.807) is 13.1 Å². The van der Waals surface area contributed by atoms with Crippen molar-refractivity contribution < 1.29 is 13.2 Å². The molecule has 1 saturated heterocycles. The number of nitrogens with zero attached hydrogens (tertiary/aromatic N) is 1. The number of nitrogens with one attached hydrogen (secondary N) is 2. The summed E-state index contributed by atoms with van der Waals surface area (Å²) in [7, 11) is -1.45. The van der Waals surface area contributed by atoms with E-state index in [-0.39, 0.29) is 6.10 Å². The monoisotopic (exact) mass is 339 g/mol. The number of hydrogen-bond donors (Lipinski definition) is 2. The lowest BCUT2D eigenvalue weighted by molar-refractivity contribution is 0.114. The van der Waals surface area contributed by atoms with Gasteiger partial charge in [-0.25, -0.2) is 8.42 Å². The Labute approximate surface area is 138 Å². The fourth-order valence-electron chi connectivity index (χ4n) is 2.66. The van der Waals surface area contributed by atoms with Crippen molar-refractivity contribution in [2.75, 3.05) is 26.5 Å². The number of benzene rings is 1. The van der Waals surface area contributed by atoms with Crippen LogP contribution in [0.25, 0.3) is 0 Å². The first-order chi connectivity index (χ1) is 10.9. The van der Waals surface area contributed by atoms with Gasteiger partial charge in [0.1, 0.15) is 0 Å². The molecule has 1 unspecified atom stereocenters. The fraction of sp³-hybridized carbons (Fsp3) is 0.562. The zero-order chi connectivity index (χ0) is 16.9. The van der Waals surface area contributed by atoms with Crippen molar-refractivity contribution in [2.45, 2.75) is 37.3 Å². The Morgan fingerprint density at radius 2 is 2.17 bits per heavy atom. The average Bonchev–Trinajstić information content (AvgIpc) is 2.99. The van der Waals surface area contributed by atoms with Crippen LogP contribution in [0.2, 0.25) is 0 Å². The maximum atomic E-state index is 11.6. The summed E-state index contributed by atoms with van der Waals surface area (Å²) in [6.07, 6.45) is 3.68. The van der Waals surface area contributed by atoms with Crippen molar-refractivity contribution in [3.63, 3.8) is 0 Å². The van der Waals surface area contributed by atoms with E-state index in [4.69, 9.17) is 4.74 Å². The second-order valence-electron chi connectivity index (χ2n) is 5.81. The highest BCUT2D eigenvalue weighted by atomic mass is 32.2. The van der Waals surface area contributed by atoms with Crippen LogP contribution in [-0.4, -0.2) is 46.9 Å². The lowest BCUT2D eigenvalue weighted by Crippen LogP contribution is -2.40. The predicted octanol–water partition coefficient (Wildman–Crippen LogP) is 1.24. The van der Waals surface area contributed by atoms with Crippen LogP contribution >= 0.6 is 0 Å². The molecule has 1 heterocycles. The standard InChI is InChI=1S/C16H25N3O3S/c1-12-9-13(6-7-15(12)23(3,20)21)10-18-16(17-2)19-11-14-5-4-8-22-14/h6-7,9,14H,4-5,8,10-11H2,1-3H3,(H2,17,18,19). The Balaban J connectivity index is 1.90. The van der Waals surface area contributed by atoms with E-state index in [2.05, 4.69) is 15.6 Å². The van der Waals surface area contributed by atoms with Crippen LogP contribution in [-0.2, 0) is 21.1 Å². The van der Waals surface area contributed by atoms with E-state index in [0.717, 1.165) is 37.1 Å². The van der Waals surface area contributed by atoms with Gasteiger partial charge in [0.2, 0.25) is 0 Å². The van der Waals surface area contributed by atoms with E-state index in [0.29, 0.717) is 17.4 Å².